The second kappa shape index (κ2) is 8.16. The average molecular weight is 438 g/mol. The Balaban J connectivity index is 1.81. The molecule has 0 bridgehead atoms. The van der Waals surface area contributed by atoms with E-state index in [-0.39, 0.29) is 11.5 Å². The molecular formula is C22H20ClN5O3. The van der Waals surface area contributed by atoms with Crippen LogP contribution in [0.15, 0.2) is 66.0 Å². The summed E-state index contributed by atoms with van der Waals surface area (Å²) in [5.74, 6) is 0.0186. The number of rotatable bonds is 5. The van der Waals surface area contributed by atoms with E-state index in [0.29, 0.717) is 33.5 Å². The fourth-order valence-electron chi connectivity index (χ4n) is 3.62. The van der Waals surface area contributed by atoms with Crippen LogP contribution in [0.3, 0.4) is 0 Å². The first-order valence-corrected chi connectivity index (χ1v) is 9.83. The minimum absolute atomic E-state index is 0.238. The molecule has 2 amide bonds. The molecule has 4 N–H and O–H groups in total. The summed E-state index contributed by atoms with van der Waals surface area (Å²) in [6, 6.07) is 13.6. The number of para-hydroxylation sites is 2. The van der Waals surface area contributed by atoms with E-state index in [0.717, 1.165) is 5.56 Å². The number of halogens is 1. The summed E-state index contributed by atoms with van der Waals surface area (Å²) >= 11 is 6.06. The Labute approximate surface area is 183 Å². The maximum Gasteiger partial charge on any atom is 0.255 e. The molecule has 0 unspecified atom stereocenters. The molecule has 4 rings (SSSR count). The molecule has 0 saturated heterocycles. The van der Waals surface area contributed by atoms with Crippen LogP contribution in [-0.2, 0) is 4.79 Å². The fourth-order valence-corrected chi connectivity index (χ4v) is 3.75. The molecule has 0 spiro atoms. The number of hydrogen-bond donors (Lipinski definition) is 3. The normalized spacial score (nSPS) is 15.1. The Morgan fingerprint density at radius 2 is 1.90 bits per heavy atom. The zero-order valence-electron chi connectivity index (χ0n) is 16.8. The first-order chi connectivity index (χ1) is 14.9. The number of nitrogens with zero attached hydrogens (tertiary/aromatic N) is 2. The van der Waals surface area contributed by atoms with Crippen molar-refractivity contribution in [2.45, 2.75) is 13.0 Å². The molecule has 0 radical (unpaired) electrons. The van der Waals surface area contributed by atoms with Crippen molar-refractivity contribution in [3.63, 3.8) is 0 Å². The minimum atomic E-state index is -0.613. The third-order valence-electron chi connectivity index (χ3n) is 5.07. The van der Waals surface area contributed by atoms with Crippen molar-refractivity contribution < 1.29 is 14.3 Å². The smallest absolute Gasteiger partial charge is 0.255 e. The summed E-state index contributed by atoms with van der Waals surface area (Å²) in [6.45, 7) is 1.77. The van der Waals surface area contributed by atoms with Crippen molar-refractivity contribution in [2.24, 2.45) is 5.73 Å². The van der Waals surface area contributed by atoms with Gasteiger partial charge in [0.15, 0.2) is 0 Å². The Hall–Kier alpha value is -3.78. The van der Waals surface area contributed by atoms with Gasteiger partial charge in [0.2, 0.25) is 0 Å². The fraction of sp³-hybridized carbons (Fsp3) is 0.136. The topological polar surface area (TPSA) is 111 Å². The van der Waals surface area contributed by atoms with E-state index < -0.39 is 11.9 Å². The molecule has 1 aliphatic rings. The van der Waals surface area contributed by atoms with Gasteiger partial charge in [0, 0.05) is 10.7 Å². The van der Waals surface area contributed by atoms with Crippen LogP contribution < -0.4 is 21.1 Å². The standard InChI is InChI=1S/C22H20ClN5O3/c1-12-18(22(30)27-16-5-3-4-6-17(16)31-2)19(13-7-9-14(23)10-8-13)28-21(26-12)15(11-25-28)20(24)29/h3-11,19,26H,1-2H3,(H2,24,29)(H,27,30)/t19-/m0/s1. The number of nitrogens with two attached hydrogens (primary N) is 1. The molecule has 0 aliphatic carbocycles. The van der Waals surface area contributed by atoms with Crippen LogP contribution in [0.2, 0.25) is 5.02 Å². The SMILES string of the molecule is COc1ccccc1NC(=O)C1=C(C)Nc2c(C(N)=O)cnn2[C@H]1c1ccc(Cl)cc1. The minimum Gasteiger partial charge on any atom is -0.495 e. The Morgan fingerprint density at radius 1 is 1.19 bits per heavy atom. The average Bonchev–Trinajstić information content (AvgIpc) is 3.17. The monoisotopic (exact) mass is 437 g/mol. The van der Waals surface area contributed by atoms with Gasteiger partial charge in [-0.25, -0.2) is 4.68 Å². The highest BCUT2D eigenvalue weighted by Gasteiger charge is 2.35. The van der Waals surface area contributed by atoms with Gasteiger partial charge in [0.1, 0.15) is 23.2 Å². The molecule has 1 aromatic heterocycles. The van der Waals surface area contributed by atoms with Crippen LogP contribution in [0.5, 0.6) is 5.75 Å². The molecule has 0 saturated carbocycles. The van der Waals surface area contributed by atoms with Crippen molar-refractivity contribution >= 4 is 34.9 Å². The van der Waals surface area contributed by atoms with Gasteiger partial charge in [-0.15, -0.1) is 0 Å². The number of benzene rings is 2. The number of ether oxygens (including phenoxy) is 1. The van der Waals surface area contributed by atoms with Crippen molar-refractivity contribution in [2.75, 3.05) is 17.7 Å². The maximum absolute atomic E-state index is 13.4. The van der Waals surface area contributed by atoms with Crippen LogP contribution in [0.25, 0.3) is 0 Å². The molecule has 31 heavy (non-hydrogen) atoms. The highest BCUT2D eigenvalue weighted by molar-refractivity contribution is 6.30. The van der Waals surface area contributed by atoms with E-state index in [2.05, 4.69) is 15.7 Å². The molecule has 158 valence electrons. The number of carbonyl (C=O) groups is 2. The van der Waals surface area contributed by atoms with Gasteiger partial charge in [-0.05, 0) is 36.8 Å². The second-order valence-electron chi connectivity index (χ2n) is 6.99. The van der Waals surface area contributed by atoms with Gasteiger partial charge in [0.05, 0.1) is 24.6 Å². The molecule has 1 atom stereocenters. The summed E-state index contributed by atoms with van der Waals surface area (Å²) < 4.78 is 6.92. The van der Waals surface area contributed by atoms with E-state index in [1.807, 2.05) is 18.2 Å². The molecule has 0 fully saturated rings. The second-order valence-corrected chi connectivity index (χ2v) is 7.42. The number of aromatic nitrogens is 2. The van der Waals surface area contributed by atoms with Gasteiger partial charge >= 0.3 is 0 Å². The number of amides is 2. The summed E-state index contributed by atoms with van der Waals surface area (Å²) in [5.41, 5.74) is 8.05. The van der Waals surface area contributed by atoms with E-state index >= 15 is 0 Å². The summed E-state index contributed by atoms with van der Waals surface area (Å²) in [5, 5.41) is 10.9. The molecule has 8 nitrogen and oxygen atoms in total. The predicted molar refractivity (Wildman–Crippen MR) is 118 cm³/mol. The van der Waals surface area contributed by atoms with Crippen LogP contribution in [0.1, 0.15) is 28.9 Å². The predicted octanol–water partition coefficient (Wildman–Crippen LogP) is 3.57. The van der Waals surface area contributed by atoms with Crippen molar-refractivity contribution in [1.82, 2.24) is 9.78 Å². The summed E-state index contributed by atoms with van der Waals surface area (Å²) in [7, 11) is 1.54. The van der Waals surface area contributed by atoms with E-state index in [1.54, 1.807) is 41.9 Å². The summed E-state index contributed by atoms with van der Waals surface area (Å²) in [6.07, 6.45) is 1.39. The Kier molecular flexibility index (Phi) is 5.39. The van der Waals surface area contributed by atoms with Gasteiger partial charge in [-0.2, -0.15) is 5.10 Å². The number of primary amides is 1. The molecule has 9 heteroatoms. The lowest BCUT2D eigenvalue weighted by Crippen LogP contribution is -2.32. The van der Waals surface area contributed by atoms with Crippen LogP contribution in [-0.4, -0.2) is 28.7 Å². The third-order valence-corrected chi connectivity index (χ3v) is 5.33. The number of fused-ring (bicyclic) bond motifs is 1. The third kappa shape index (κ3) is 3.73. The number of methoxy groups -OCH3 is 1. The zero-order chi connectivity index (χ0) is 22.1. The molecule has 1 aliphatic heterocycles. The van der Waals surface area contributed by atoms with Crippen molar-refractivity contribution in [3.8, 4) is 5.75 Å². The molecule has 2 aromatic carbocycles. The number of allylic oxidation sites excluding steroid dienone is 1. The van der Waals surface area contributed by atoms with Gasteiger partial charge in [0.25, 0.3) is 11.8 Å². The van der Waals surface area contributed by atoms with Crippen LogP contribution in [0, 0.1) is 0 Å². The largest absolute Gasteiger partial charge is 0.495 e. The van der Waals surface area contributed by atoms with E-state index in [4.69, 9.17) is 22.1 Å². The first-order valence-electron chi connectivity index (χ1n) is 9.45. The lowest BCUT2D eigenvalue weighted by Gasteiger charge is -2.30. The number of carbonyl (C=O) groups excluding carboxylic acids is 2. The maximum atomic E-state index is 13.4. The Bertz CT molecular complexity index is 1200. The number of nitrogens with one attached hydrogen (secondary N) is 2. The van der Waals surface area contributed by atoms with E-state index in [9.17, 15) is 9.59 Å². The number of hydrogen-bond acceptors (Lipinski definition) is 5. The highest BCUT2D eigenvalue weighted by atomic mass is 35.5. The van der Waals surface area contributed by atoms with Crippen LogP contribution in [0.4, 0.5) is 11.5 Å². The van der Waals surface area contributed by atoms with Gasteiger partial charge in [-0.1, -0.05) is 35.9 Å². The zero-order valence-corrected chi connectivity index (χ0v) is 17.6. The van der Waals surface area contributed by atoms with Crippen molar-refractivity contribution in [1.29, 1.82) is 0 Å². The lowest BCUT2D eigenvalue weighted by atomic mass is 9.94. The van der Waals surface area contributed by atoms with E-state index in [1.165, 1.54) is 13.3 Å². The lowest BCUT2D eigenvalue weighted by molar-refractivity contribution is -0.113. The van der Waals surface area contributed by atoms with Crippen molar-refractivity contribution in [3.05, 3.63) is 82.1 Å². The molecule has 3 aromatic rings. The summed E-state index contributed by atoms with van der Waals surface area (Å²) in [4.78, 5) is 25.3. The first kappa shape index (κ1) is 20.5. The molecule has 2 heterocycles. The quantitative estimate of drug-likeness (QED) is 0.565. The number of anilines is 2. The van der Waals surface area contributed by atoms with Gasteiger partial charge < -0.3 is 21.1 Å². The Morgan fingerprint density at radius 3 is 2.58 bits per heavy atom. The van der Waals surface area contributed by atoms with Gasteiger partial charge in [-0.3, -0.25) is 9.59 Å². The van der Waals surface area contributed by atoms with Crippen LogP contribution >= 0.6 is 11.6 Å². The highest BCUT2D eigenvalue weighted by Crippen LogP contribution is 2.38. The molecular weight excluding hydrogens is 418 g/mol.